The van der Waals surface area contributed by atoms with Crippen molar-refractivity contribution < 1.29 is 19.0 Å². The van der Waals surface area contributed by atoms with E-state index in [-0.39, 0.29) is 18.7 Å². The maximum Gasteiger partial charge on any atom is 0.339 e. The molecule has 0 spiro atoms. The quantitative estimate of drug-likeness (QED) is 0.549. The highest BCUT2D eigenvalue weighted by Gasteiger charge is 2.17. The Labute approximate surface area is 145 Å². The molecule has 0 aliphatic carbocycles. The number of carbonyl (C=O) groups is 1. The lowest BCUT2D eigenvalue weighted by Gasteiger charge is -2.18. The monoisotopic (exact) mass is 366 g/mol. The van der Waals surface area contributed by atoms with Crippen LogP contribution in [-0.2, 0) is 4.74 Å². The number of hydrogen-bond donors (Lipinski definition) is 0. The molecule has 0 radical (unpaired) electrons. The maximum atomic E-state index is 11.9. The van der Waals surface area contributed by atoms with Crippen LogP contribution in [0.25, 0.3) is 0 Å². The fourth-order valence-electron chi connectivity index (χ4n) is 1.78. The first-order chi connectivity index (χ1) is 11.3. The van der Waals surface area contributed by atoms with Crippen LogP contribution in [0.15, 0.2) is 50.5 Å². The average Bonchev–Trinajstić information content (AvgIpc) is 3.33. The molecule has 0 bridgehead atoms. The molecule has 3 aromatic rings. The van der Waals surface area contributed by atoms with Crippen molar-refractivity contribution in [2.45, 2.75) is 6.10 Å². The SMILES string of the molecule is O=C(OCC(COc1ccsc1)Oc1ccsc1)c1ccsc1. The zero-order valence-corrected chi connectivity index (χ0v) is 14.5. The van der Waals surface area contributed by atoms with Crippen LogP contribution in [0, 0.1) is 0 Å². The molecule has 1 atom stereocenters. The van der Waals surface area contributed by atoms with E-state index in [1.165, 1.54) is 11.3 Å². The zero-order chi connectivity index (χ0) is 15.9. The van der Waals surface area contributed by atoms with Crippen LogP contribution < -0.4 is 9.47 Å². The summed E-state index contributed by atoms with van der Waals surface area (Å²) in [6.45, 7) is 0.443. The smallest absolute Gasteiger partial charge is 0.339 e. The van der Waals surface area contributed by atoms with E-state index in [1.54, 1.807) is 34.1 Å². The van der Waals surface area contributed by atoms with Crippen LogP contribution in [0.1, 0.15) is 10.4 Å². The number of esters is 1. The molecule has 0 N–H and O–H groups in total. The number of thiophene rings is 3. The molecule has 23 heavy (non-hydrogen) atoms. The molecule has 7 heteroatoms. The first-order valence-electron chi connectivity index (χ1n) is 6.84. The summed E-state index contributed by atoms with van der Waals surface area (Å²) in [5.41, 5.74) is 0.558. The molecule has 0 aromatic carbocycles. The van der Waals surface area contributed by atoms with Gasteiger partial charge in [0.2, 0.25) is 0 Å². The van der Waals surface area contributed by atoms with Gasteiger partial charge in [-0.1, -0.05) is 0 Å². The minimum absolute atomic E-state index is 0.134. The minimum Gasteiger partial charge on any atom is -0.489 e. The standard InChI is InChI=1S/C16H14O4S3/c17-16(12-1-4-21-9-12)19-8-15(20-14-3-6-23-11-14)7-18-13-2-5-22-10-13/h1-6,9-11,15H,7-8H2. The number of ether oxygens (including phenoxy) is 3. The Morgan fingerprint density at radius 1 is 0.913 bits per heavy atom. The van der Waals surface area contributed by atoms with Crippen LogP contribution in [0.3, 0.4) is 0 Å². The predicted molar refractivity (Wildman–Crippen MR) is 93.2 cm³/mol. The molecule has 0 saturated carbocycles. The second-order valence-corrected chi connectivity index (χ2v) is 6.92. The Kier molecular flexibility index (Phi) is 5.68. The van der Waals surface area contributed by atoms with E-state index < -0.39 is 0 Å². The van der Waals surface area contributed by atoms with E-state index >= 15 is 0 Å². The van der Waals surface area contributed by atoms with Gasteiger partial charge in [0, 0.05) is 16.1 Å². The average molecular weight is 366 g/mol. The third-order valence-electron chi connectivity index (χ3n) is 2.89. The van der Waals surface area contributed by atoms with Gasteiger partial charge in [0.1, 0.15) is 24.7 Å². The summed E-state index contributed by atoms with van der Waals surface area (Å²) in [7, 11) is 0. The molecular weight excluding hydrogens is 352 g/mol. The molecule has 3 aromatic heterocycles. The van der Waals surface area contributed by atoms with E-state index in [4.69, 9.17) is 14.2 Å². The molecule has 120 valence electrons. The lowest BCUT2D eigenvalue weighted by atomic mass is 10.3. The predicted octanol–water partition coefficient (Wildman–Crippen LogP) is 4.55. The molecule has 3 rings (SSSR count). The van der Waals surface area contributed by atoms with Gasteiger partial charge in [0.05, 0.1) is 5.56 Å². The van der Waals surface area contributed by atoms with Gasteiger partial charge in [-0.05, 0) is 34.3 Å². The van der Waals surface area contributed by atoms with Crippen molar-refractivity contribution in [1.29, 1.82) is 0 Å². The molecular formula is C16H14O4S3. The summed E-state index contributed by atoms with van der Waals surface area (Å²) in [4.78, 5) is 11.9. The highest BCUT2D eigenvalue weighted by Crippen LogP contribution is 2.19. The van der Waals surface area contributed by atoms with Crippen molar-refractivity contribution in [1.82, 2.24) is 0 Å². The lowest BCUT2D eigenvalue weighted by Crippen LogP contribution is -2.31. The van der Waals surface area contributed by atoms with Crippen LogP contribution in [0.2, 0.25) is 0 Å². The third-order valence-corrected chi connectivity index (χ3v) is 4.89. The van der Waals surface area contributed by atoms with Crippen LogP contribution in [0.5, 0.6) is 11.5 Å². The van der Waals surface area contributed by atoms with E-state index in [1.807, 2.05) is 39.0 Å². The summed E-state index contributed by atoms with van der Waals surface area (Å²) in [5.74, 6) is 1.19. The normalized spacial score (nSPS) is 11.8. The maximum absolute atomic E-state index is 11.9. The zero-order valence-electron chi connectivity index (χ0n) is 12.0. The largest absolute Gasteiger partial charge is 0.489 e. The topological polar surface area (TPSA) is 44.8 Å². The highest BCUT2D eigenvalue weighted by molar-refractivity contribution is 7.08. The van der Waals surface area contributed by atoms with Gasteiger partial charge in [-0.15, -0.1) is 22.7 Å². The summed E-state index contributed by atoms with van der Waals surface area (Å²) >= 11 is 4.57. The van der Waals surface area contributed by atoms with E-state index in [2.05, 4.69) is 0 Å². The number of carbonyl (C=O) groups excluding carboxylic acids is 1. The second-order valence-electron chi connectivity index (χ2n) is 4.58. The molecule has 0 saturated heterocycles. The molecule has 3 heterocycles. The first kappa shape index (κ1) is 16.0. The molecule has 0 fully saturated rings. The Bertz CT molecular complexity index is 690. The Morgan fingerprint density at radius 2 is 1.61 bits per heavy atom. The van der Waals surface area contributed by atoms with Gasteiger partial charge in [0.15, 0.2) is 6.10 Å². The molecule has 0 aliphatic heterocycles. The Hall–Kier alpha value is -1.83. The van der Waals surface area contributed by atoms with Gasteiger partial charge >= 0.3 is 5.97 Å². The summed E-state index contributed by atoms with van der Waals surface area (Å²) in [6, 6.07) is 5.51. The van der Waals surface area contributed by atoms with Crippen molar-refractivity contribution in [2.24, 2.45) is 0 Å². The summed E-state index contributed by atoms with van der Waals surface area (Å²) in [5, 5.41) is 11.3. The van der Waals surface area contributed by atoms with Crippen molar-refractivity contribution in [3.63, 3.8) is 0 Å². The number of rotatable bonds is 8. The van der Waals surface area contributed by atoms with Crippen molar-refractivity contribution in [3.05, 3.63) is 56.0 Å². The first-order valence-corrected chi connectivity index (χ1v) is 9.67. The van der Waals surface area contributed by atoms with E-state index in [9.17, 15) is 4.79 Å². The van der Waals surface area contributed by atoms with Gasteiger partial charge in [0.25, 0.3) is 0 Å². The van der Waals surface area contributed by atoms with Crippen molar-refractivity contribution in [2.75, 3.05) is 13.2 Å². The van der Waals surface area contributed by atoms with Crippen molar-refractivity contribution in [3.8, 4) is 11.5 Å². The van der Waals surface area contributed by atoms with Gasteiger partial charge in [-0.3, -0.25) is 0 Å². The van der Waals surface area contributed by atoms with E-state index in [0.29, 0.717) is 12.2 Å². The van der Waals surface area contributed by atoms with Crippen LogP contribution in [0.4, 0.5) is 0 Å². The van der Waals surface area contributed by atoms with Crippen LogP contribution in [-0.4, -0.2) is 25.3 Å². The molecule has 0 aliphatic rings. The Balaban J connectivity index is 1.56. The molecule has 1 unspecified atom stereocenters. The lowest BCUT2D eigenvalue weighted by molar-refractivity contribution is 0.0212. The second kappa shape index (κ2) is 8.14. The molecule has 0 amide bonds. The van der Waals surface area contributed by atoms with Crippen molar-refractivity contribution >= 4 is 40.0 Å². The minimum atomic E-state index is -0.368. The fourth-order valence-corrected chi connectivity index (χ4v) is 3.54. The molecule has 4 nitrogen and oxygen atoms in total. The third kappa shape index (κ3) is 4.82. The van der Waals surface area contributed by atoms with Crippen LogP contribution >= 0.6 is 34.0 Å². The number of hydrogen-bond acceptors (Lipinski definition) is 7. The summed E-state index contributed by atoms with van der Waals surface area (Å²) < 4.78 is 16.9. The van der Waals surface area contributed by atoms with Gasteiger partial charge in [-0.2, -0.15) is 11.3 Å². The van der Waals surface area contributed by atoms with Gasteiger partial charge < -0.3 is 14.2 Å². The summed E-state index contributed by atoms with van der Waals surface area (Å²) in [6.07, 6.45) is -0.368. The Morgan fingerprint density at radius 3 is 2.26 bits per heavy atom. The highest BCUT2D eigenvalue weighted by atomic mass is 32.1. The van der Waals surface area contributed by atoms with E-state index in [0.717, 1.165) is 11.5 Å². The fraction of sp³-hybridized carbons (Fsp3) is 0.188. The van der Waals surface area contributed by atoms with Gasteiger partial charge in [-0.25, -0.2) is 4.79 Å².